The first-order valence-corrected chi connectivity index (χ1v) is 5.76. The van der Waals surface area contributed by atoms with Crippen LogP contribution in [0.1, 0.15) is 19.3 Å². The molecule has 0 atom stereocenters. The Labute approximate surface area is 68.4 Å². The van der Waals surface area contributed by atoms with E-state index in [1.165, 1.54) is 29.8 Å². The molecule has 0 bridgehead atoms. The summed E-state index contributed by atoms with van der Waals surface area (Å²) in [6, 6.07) is 0. The van der Waals surface area contributed by atoms with Crippen LogP contribution >= 0.6 is 0 Å². The third kappa shape index (κ3) is 2.45. The maximum absolute atomic E-state index is 10.9. The van der Waals surface area contributed by atoms with Crippen LogP contribution in [0.3, 0.4) is 0 Å². The van der Waals surface area contributed by atoms with E-state index < -0.39 is 10.0 Å². The topological polar surface area (TPSA) is 37.4 Å². The van der Waals surface area contributed by atoms with Gasteiger partial charge in [-0.15, -0.1) is 0 Å². The minimum Gasteiger partial charge on any atom is -0.213 e. The molecule has 0 aromatic carbocycles. The van der Waals surface area contributed by atoms with Crippen LogP contribution in [0.4, 0.5) is 0 Å². The van der Waals surface area contributed by atoms with E-state index in [1.807, 2.05) is 0 Å². The van der Waals surface area contributed by atoms with Crippen LogP contribution in [-0.4, -0.2) is 32.6 Å². The van der Waals surface area contributed by atoms with Gasteiger partial charge in [0.25, 0.3) is 0 Å². The first kappa shape index (κ1) is 9.00. The Bertz CT molecular complexity index is 219. The Morgan fingerprint density at radius 2 is 2.00 bits per heavy atom. The van der Waals surface area contributed by atoms with Gasteiger partial charge in [0.2, 0.25) is 10.0 Å². The number of hydrogen-bond donors (Lipinski definition) is 0. The molecule has 0 aliphatic heterocycles. The Hall–Kier alpha value is -0.0900. The molecule has 0 amide bonds. The minimum absolute atomic E-state index is 0.620. The van der Waals surface area contributed by atoms with Crippen molar-refractivity contribution in [3.63, 3.8) is 0 Å². The van der Waals surface area contributed by atoms with Gasteiger partial charge in [-0.1, -0.05) is 6.42 Å². The van der Waals surface area contributed by atoms with Crippen molar-refractivity contribution in [3.8, 4) is 0 Å². The molecule has 4 heteroatoms. The molecule has 0 aromatic heterocycles. The van der Waals surface area contributed by atoms with Crippen molar-refractivity contribution >= 4 is 10.0 Å². The van der Waals surface area contributed by atoms with Crippen molar-refractivity contribution in [2.24, 2.45) is 5.92 Å². The fraction of sp³-hybridized carbons (Fsp3) is 1.00. The summed E-state index contributed by atoms with van der Waals surface area (Å²) in [5.41, 5.74) is 0. The highest BCUT2D eigenvalue weighted by Gasteiger charge is 2.22. The van der Waals surface area contributed by atoms with E-state index in [0.717, 1.165) is 0 Å². The summed E-state index contributed by atoms with van der Waals surface area (Å²) in [7, 11) is -1.29. The summed E-state index contributed by atoms with van der Waals surface area (Å²) in [4.78, 5) is 0. The van der Waals surface area contributed by atoms with Crippen molar-refractivity contribution in [3.05, 3.63) is 0 Å². The van der Waals surface area contributed by atoms with E-state index >= 15 is 0 Å². The second-order valence-corrected chi connectivity index (χ2v) is 5.43. The number of rotatable bonds is 3. The monoisotopic (exact) mass is 177 g/mol. The summed E-state index contributed by atoms with van der Waals surface area (Å²) in [6.07, 6.45) is 4.91. The molecule has 1 fully saturated rings. The molecule has 1 saturated carbocycles. The van der Waals surface area contributed by atoms with Gasteiger partial charge in [0.05, 0.1) is 6.26 Å². The van der Waals surface area contributed by atoms with E-state index in [-0.39, 0.29) is 0 Å². The highest BCUT2D eigenvalue weighted by Crippen LogP contribution is 2.27. The molecule has 0 spiro atoms. The highest BCUT2D eigenvalue weighted by molar-refractivity contribution is 7.88. The predicted octanol–water partition coefficient (Wildman–Crippen LogP) is 0.678. The van der Waals surface area contributed by atoms with Gasteiger partial charge in [-0.2, -0.15) is 0 Å². The van der Waals surface area contributed by atoms with Gasteiger partial charge in [0.1, 0.15) is 0 Å². The first-order chi connectivity index (χ1) is 5.00. The van der Waals surface area contributed by atoms with E-state index in [2.05, 4.69) is 0 Å². The SMILES string of the molecule is CN(CC1CCC1)S(C)(=O)=O. The molecule has 3 nitrogen and oxygen atoms in total. The molecule has 0 unspecified atom stereocenters. The van der Waals surface area contributed by atoms with E-state index in [0.29, 0.717) is 12.5 Å². The lowest BCUT2D eigenvalue weighted by molar-refractivity contribution is 0.263. The summed E-state index contributed by atoms with van der Waals surface area (Å²) in [5.74, 6) is 0.620. The van der Waals surface area contributed by atoms with E-state index in [4.69, 9.17) is 0 Å². The third-order valence-corrected chi connectivity index (χ3v) is 3.59. The van der Waals surface area contributed by atoms with Crippen LogP contribution in [0.2, 0.25) is 0 Å². The highest BCUT2D eigenvalue weighted by atomic mass is 32.2. The molecule has 0 heterocycles. The third-order valence-electron chi connectivity index (χ3n) is 2.31. The average Bonchev–Trinajstić information content (AvgIpc) is 1.75. The molecule has 0 radical (unpaired) electrons. The number of hydrogen-bond acceptors (Lipinski definition) is 2. The van der Waals surface area contributed by atoms with Crippen molar-refractivity contribution in [1.29, 1.82) is 0 Å². The lowest BCUT2D eigenvalue weighted by Crippen LogP contribution is -2.33. The van der Waals surface area contributed by atoms with Crippen molar-refractivity contribution < 1.29 is 8.42 Å². The molecular weight excluding hydrogens is 162 g/mol. The van der Waals surface area contributed by atoms with Gasteiger partial charge in [0, 0.05) is 13.6 Å². The van der Waals surface area contributed by atoms with Gasteiger partial charge in [-0.25, -0.2) is 12.7 Å². The van der Waals surface area contributed by atoms with Gasteiger partial charge in [-0.3, -0.25) is 0 Å². The van der Waals surface area contributed by atoms with Crippen molar-refractivity contribution in [1.82, 2.24) is 4.31 Å². The zero-order valence-corrected chi connectivity index (χ0v) is 7.89. The van der Waals surface area contributed by atoms with Crippen LogP contribution in [-0.2, 0) is 10.0 Å². The van der Waals surface area contributed by atoms with Crippen molar-refractivity contribution in [2.75, 3.05) is 19.8 Å². The molecule has 11 heavy (non-hydrogen) atoms. The normalized spacial score (nSPS) is 20.3. The lowest BCUT2D eigenvalue weighted by atomic mass is 9.86. The Balaban J connectivity index is 2.36. The number of sulfonamides is 1. The van der Waals surface area contributed by atoms with Gasteiger partial charge in [-0.05, 0) is 18.8 Å². The Morgan fingerprint density at radius 3 is 2.27 bits per heavy atom. The number of nitrogens with zero attached hydrogens (tertiary/aromatic N) is 1. The molecule has 66 valence electrons. The molecule has 1 rings (SSSR count). The summed E-state index contributed by atoms with van der Waals surface area (Å²) in [6.45, 7) is 0.707. The fourth-order valence-corrected chi connectivity index (χ4v) is 1.66. The van der Waals surface area contributed by atoms with Gasteiger partial charge >= 0.3 is 0 Å². The van der Waals surface area contributed by atoms with Crippen molar-refractivity contribution in [2.45, 2.75) is 19.3 Å². The molecule has 0 N–H and O–H groups in total. The lowest BCUT2D eigenvalue weighted by Gasteiger charge is -2.28. The van der Waals surface area contributed by atoms with Crippen LogP contribution in [0, 0.1) is 5.92 Å². The van der Waals surface area contributed by atoms with Crippen LogP contribution < -0.4 is 0 Å². The standard InChI is InChI=1S/C7H15NO2S/c1-8(11(2,9)10)6-7-4-3-5-7/h7H,3-6H2,1-2H3. The Kier molecular flexibility index (Phi) is 2.54. The summed E-state index contributed by atoms with van der Waals surface area (Å²) in [5, 5.41) is 0. The first-order valence-electron chi connectivity index (χ1n) is 3.91. The molecule has 0 saturated heterocycles. The van der Waals surface area contributed by atoms with E-state index in [1.54, 1.807) is 7.05 Å². The second kappa shape index (κ2) is 3.11. The fourth-order valence-electron chi connectivity index (χ4n) is 1.17. The van der Waals surface area contributed by atoms with E-state index in [9.17, 15) is 8.42 Å². The maximum atomic E-state index is 10.9. The van der Waals surface area contributed by atoms with Gasteiger partial charge < -0.3 is 0 Å². The zero-order chi connectivity index (χ0) is 8.48. The zero-order valence-electron chi connectivity index (χ0n) is 7.08. The Morgan fingerprint density at radius 1 is 1.45 bits per heavy atom. The van der Waals surface area contributed by atoms with Crippen LogP contribution in [0.5, 0.6) is 0 Å². The summed E-state index contributed by atoms with van der Waals surface area (Å²) < 4.78 is 23.3. The summed E-state index contributed by atoms with van der Waals surface area (Å²) >= 11 is 0. The quantitative estimate of drug-likeness (QED) is 0.635. The minimum atomic E-state index is -2.94. The molecule has 1 aliphatic rings. The molecule has 0 aromatic rings. The van der Waals surface area contributed by atoms with Gasteiger partial charge in [0.15, 0.2) is 0 Å². The average molecular weight is 177 g/mol. The second-order valence-electron chi connectivity index (χ2n) is 3.34. The smallest absolute Gasteiger partial charge is 0.210 e. The van der Waals surface area contributed by atoms with Crippen LogP contribution in [0.25, 0.3) is 0 Å². The molecular formula is C7H15NO2S. The molecule has 1 aliphatic carbocycles. The predicted molar refractivity (Wildman–Crippen MR) is 44.8 cm³/mol. The maximum Gasteiger partial charge on any atom is 0.210 e. The van der Waals surface area contributed by atoms with Crippen LogP contribution in [0.15, 0.2) is 0 Å². The largest absolute Gasteiger partial charge is 0.213 e.